The Hall–Kier alpha value is -2.33. The molecule has 0 spiro atoms. The maximum atomic E-state index is 12.0. The molecule has 0 aliphatic heterocycles. The third-order valence-electron chi connectivity index (χ3n) is 3.95. The van der Waals surface area contributed by atoms with Gasteiger partial charge in [-0.2, -0.15) is 0 Å². The van der Waals surface area contributed by atoms with E-state index in [0.29, 0.717) is 17.4 Å². The predicted molar refractivity (Wildman–Crippen MR) is 103 cm³/mol. The summed E-state index contributed by atoms with van der Waals surface area (Å²) in [5, 5.41) is 2.15. The van der Waals surface area contributed by atoms with Crippen LogP contribution in [0, 0.1) is 0 Å². The number of carbonyl (C=O) groups excluding carboxylic acids is 1. The molecule has 0 aliphatic carbocycles. The summed E-state index contributed by atoms with van der Waals surface area (Å²) in [6.45, 7) is 4.09. The van der Waals surface area contributed by atoms with Gasteiger partial charge in [0.15, 0.2) is 6.61 Å². The van der Waals surface area contributed by atoms with E-state index in [1.54, 1.807) is 12.1 Å². The Morgan fingerprint density at radius 2 is 1.72 bits per heavy atom. The van der Waals surface area contributed by atoms with Crippen molar-refractivity contribution >= 4 is 32.7 Å². The number of ether oxygens (including phenoxy) is 2. The number of hydrogen-bond acceptors (Lipinski definition) is 3. The van der Waals surface area contributed by atoms with Crippen LogP contribution in [0.5, 0.6) is 11.5 Å². The van der Waals surface area contributed by atoms with Crippen LogP contribution in [0.25, 0.3) is 10.8 Å². The second kappa shape index (κ2) is 7.70. The van der Waals surface area contributed by atoms with Crippen LogP contribution >= 0.6 is 15.9 Å². The Bertz CT molecular complexity index is 885. The lowest BCUT2D eigenvalue weighted by Gasteiger charge is -2.11. The van der Waals surface area contributed by atoms with Gasteiger partial charge in [-0.3, -0.25) is 0 Å². The van der Waals surface area contributed by atoms with Crippen LogP contribution in [0.3, 0.4) is 0 Å². The topological polar surface area (TPSA) is 35.5 Å². The molecule has 0 saturated heterocycles. The zero-order chi connectivity index (χ0) is 17.8. The number of fused-ring (bicyclic) bond motifs is 1. The fourth-order valence-electron chi connectivity index (χ4n) is 2.54. The van der Waals surface area contributed by atoms with E-state index in [2.05, 4.69) is 29.8 Å². The molecule has 0 aliphatic rings. The smallest absolute Gasteiger partial charge is 0.349 e. The van der Waals surface area contributed by atoms with Gasteiger partial charge in [0.1, 0.15) is 11.5 Å². The third kappa shape index (κ3) is 4.20. The van der Waals surface area contributed by atoms with Crippen molar-refractivity contribution in [2.75, 3.05) is 6.61 Å². The number of esters is 1. The highest BCUT2D eigenvalue weighted by Gasteiger charge is 2.10. The summed E-state index contributed by atoms with van der Waals surface area (Å²) in [6.07, 6.45) is 0. The maximum absolute atomic E-state index is 12.0. The van der Waals surface area contributed by atoms with Gasteiger partial charge >= 0.3 is 5.97 Å². The van der Waals surface area contributed by atoms with Crippen LogP contribution in [-0.2, 0) is 4.79 Å². The lowest BCUT2D eigenvalue weighted by Crippen LogP contribution is -2.17. The molecule has 0 radical (unpaired) electrons. The summed E-state index contributed by atoms with van der Waals surface area (Å²) in [6, 6.07) is 19.3. The van der Waals surface area contributed by atoms with Crippen molar-refractivity contribution in [3.63, 3.8) is 0 Å². The van der Waals surface area contributed by atoms with Crippen molar-refractivity contribution in [2.24, 2.45) is 0 Å². The molecule has 0 amide bonds. The first-order valence-corrected chi connectivity index (χ1v) is 8.94. The Morgan fingerprint density at radius 3 is 2.44 bits per heavy atom. The van der Waals surface area contributed by atoms with Gasteiger partial charge in [-0.25, -0.2) is 4.79 Å². The first-order valence-electron chi connectivity index (χ1n) is 8.15. The minimum atomic E-state index is -0.433. The van der Waals surface area contributed by atoms with E-state index in [9.17, 15) is 4.79 Å². The van der Waals surface area contributed by atoms with Gasteiger partial charge in [0.2, 0.25) is 0 Å². The van der Waals surface area contributed by atoms with Gasteiger partial charge in [0.25, 0.3) is 0 Å². The van der Waals surface area contributed by atoms with Crippen molar-refractivity contribution < 1.29 is 14.3 Å². The second-order valence-electron chi connectivity index (χ2n) is 6.09. The molecule has 0 bridgehead atoms. The molecule has 128 valence electrons. The van der Waals surface area contributed by atoms with Gasteiger partial charge in [-0.1, -0.05) is 56.3 Å². The van der Waals surface area contributed by atoms with Crippen molar-refractivity contribution in [3.05, 3.63) is 70.7 Å². The lowest BCUT2D eigenvalue weighted by molar-refractivity contribution is -0.136. The SMILES string of the molecule is CC(C)c1ccc(OC(=O)COc2ccc3ccccc3c2Br)cc1. The molecule has 0 atom stereocenters. The van der Waals surface area contributed by atoms with Crippen LogP contribution in [0.1, 0.15) is 25.3 Å². The number of halogens is 1. The number of benzene rings is 3. The molecular weight excluding hydrogens is 380 g/mol. The highest BCUT2D eigenvalue weighted by atomic mass is 79.9. The van der Waals surface area contributed by atoms with Crippen LogP contribution in [-0.4, -0.2) is 12.6 Å². The largest absolute Gasteiger partial charge is 0.481 e. The highest BCUT2D eigenvalue weighted by molar-refractivity contribution is 9.10. The second-order valence-corrected chi connectivity index (χ2v) is 6.88. The molecule has 25 heavy (non-hydrogen) atoms. The normalized spacial score (nSPS) is 10.9. The molecule has 3 rings (SSSR count). The first-order chi connectivity index (χ1) is 12.0. The summed E-state index contributed by atoms with van der Waals surface area (Å²) < 4.78 is 11.8. The van der Waals surface area contributed by atoms with E-state index in [4.69, 9.17) is 9.47 Å². The number of rotatable bonds is 5. The number of carbonyl (C=O) groups is 1. The molecule has 3 aromatic carbocycles. The van der Waals surface area contributed by atoms with E-state index in [-0.39, 0.29) is 6.61 Å². The van der Waals surface area contributed by atoms with Gasteiger partial charge in [0.05, 0.1) is 4.47 Å². The monoisotopic (exact) mass is 398 g/mol. The van der Waals surface area contributed by atoms with Crippen molar-refractivity contribution in [1.82, 2.24) is 0 Å². The molecule has 0 unspecified atom stereocenters. The van der Waals surface area contributed by atoms with Crippen LogP contribution in [0.15, 0.2) is 65.1 Å². The van der Waals surface area contributed by atoms with Gasteiger partial charge < -0.3 is 9.47 Å². The van der Waals surface area contributed by atoms with Gasteiger partial charge in [-0.05, 0) is 56.4 Å². The lowest BCUT2D eigenvalue weighted by atomic mass is 10.0. The van der Waals surface area contributed by atoms with E-state index >= 15 is 0 Å². The van der Waals surface area contributed by atoms with E-state index in [0.717, 1.165) is 15.2 Å². The minimum Gasteiger partial charge on any atom is -0.481 e. The first kappa shape index (κ1) is 17.5. The average Bonchev–Trinajstić information content (AvgIpc) is 2.62. The summed E-state index contributed by atoms with van der Waals surface area (Å²) in [5.41, 5.74) is 1.20. The summed E-state index contributed by atoms with van der Waals surface area (Å²) in [5.74, 6) is 1.15. The molecule has 4 heteroatoms. The fourth-order valence-corrected chi connectivity index (χ4v) is 3.15. The zero-order valence-electron chi connectivity index (χ0n) is 14.2. The van der Waals surface area contributed by atoms with Crippen LogP contribution in [0.2, 0.25) is 0 Å². The highest BCUT2D eigenvalue weighted by Crippen LogP contribution is 2.33. The maximum Gasteiger partial charge on any atom is 0.349 e. The van der Waals surface area contributed by atoms with Gasteiger partial charge in [0, 0.05) is 0 Å². The Balaban J connectivity index is 1.63. The van der Waals surface area contributed by atoms with E-state index in [1.807, 2.05) is 48.5 Å². The Morgan fingerprint density at radius 1 is 1.00 bits per heavy atom. The molecule has 0 heterocycles. The molecule has 0 N–H and O–H groups in total. The standard InChI is InChI=1S/C21H19BrO3/c1-14(2)15-7-10-17(11-8-15)25-20(23)13-24-19-12-9-16-5-3-4-6-18(16)21(19)22/h3-12,14H,13H2,1-2H3. The van der Waals surface area contributed by atoms with Crippen molar-refractivity contribution in [2.45, 2.75) is 19.8 Å². The fraction of sp³-hybridized carbons (Fsp3) is 0.190. The summed E-state index contributed by atoms with van der Waals surface area (Å²) >= 11 is 3.54. The summed E-state index contributed by atoms with van der Waals surface area (Å²) in [7, 11) is 0. The number of hydrogen-bond donors (Lipinski definition) is 0. The van der Waals surface area contributed by atoms with E-state index < -0.39 is 5.97 Å². The predicted octanol–water partition coefficient (Wildman–Crippen LogP) is 5.71. The molecule has 0 aromatic heterocycles. The van der Waals surface area contributed by atoms with Crippen LogP contribution in [0.4, 0.5) is 0 Å². The third-order valence-corrected chi connectivity index (χ3v) is 4.77. The Labute approximate surface area is 155 Å². The zero-order valence-corrected chi connectivity index (χ0v) is 15.7. The van der Waals surface area contributed by atoms with Crippen molar-refractivity contribution in [3.8, 4) is 11.5 Å². The minimum absolute atomic E-state index is 0.150. The van der Waals surface area contributed by atoms with Crippen LogP contribution < -0.4 is 9.47 Å². The quantitative estimate of drug-likeness (QED) is 0.407. The van der Waals surface area contributed by atoms with E-state index in [1.165, 1.54) is 5.56 Å². The Kier molecular flexibility index (Phi) is 5.39. The molecule has 0 fully saturated rings. The van der Waals surface area contributed by atoms with Crippen molar-refractivity contribution in [1.29, 1.82) is 0 Å². The average molecular weight is 399 g/mol. The van der Waals surface area contributed by atoms with Gasteiger partial charge in [-0.15, -0.1) is 0 Å². The summed E-state index contributed by atoms with van der Waals surface area (Å²) in [4.78, 5) is 12.0. The molecule has 3 aromatic rings. The molecule has 0 saturated carbocycles. The molecular formula is C21H19BrO3. The molecule has 3 nitrogen and oxygen atoms in total.